The Hall–Kier alpha value is 0.177. The smallest absolute Gasteiger partial charge is 0.186 e. The first-order valence-corrected chi connectivity index (χ1v) is 15.9. The maximum Gasteiger partial charge on any atom is 0.186 e. The van der Waals surface area contributed by atoms with Gasteiger partial charge in [0, 0.05) is 6.61 Å². The Balaban J connectivity index is 3.13. The summed E-state index contributed by atoms with van der Waals surface area (Å²) in [5, 5.41) is 0. The fourth-order valence-corrected chi connectivity index (χ4v) is 5.91. The Morgan fingerprint density at radius 3 is 1.11 bits per heavy atom. The summed E-state index contributed by atoms with van der Waals surface area (Å²) in [6, 6.07) is 1.35. The van der Waals surface area contributed by atoms with Crippen molar-refractivity contribution in [2.45, 2.75) is 155 Å². The van der Waals surface area contributed by atoms with Gasteiger partial charge in [-0.15, -0.1) is 0 Å². The fourth-order valence-electron chi connectivity index (χ4n) is 3.90. The Labute approximate surface area is 174 Å². The van der Waals surface area contributed by atoms with Crippen molar-refractivity contribution >= 4 is 8.32 Å². The molecule has 0 aromatic rings. The van der Waals surface area contributed by atoms with E-state index in [-0.39, 0.29) is 0 Å². The first kappa shape index (κ1) is 27.2. The monoisotopic (exact) mass is 398 g/mol. The van der Waals surface area contributed by atoms with Crippen molar-refractivity contribution in [2.24, 2.45) is 0 Å². The molecule has 0 amide bonds. The van der Waals surface area contributed by atoms with Crippen LogP contribution >= 0.6 is 0 Å². The quantitative estimate of drug-likeness (QED) is 0.130. The summed E-state index contributed by atoms with van der Waals surface area (Å²) in [5.41, 5.74) is 0. The normalized spacial score (nSPS) is 12.0. The maximum atomic E-state index is 6.05. The van der Waals surface area contributed by atoms with Gasteiger partial charge in [-0.2, -0.15) is 0 Å². The molecule has 0 heterocycles. The molecule has 0 rings (SSSR count). The lowest BCUT2D eigenvalue weighted by atomic mass is 10.0. The molecular formula is C25H54OSi. The van der Waals surface area contributed by atoms with Gasteiger partial charge in [0.15, 0.2) is 8.32 Å². The van der Waals surface area contributed by atoms with E-state index in [9.17, 15) is 0 Å². The van der Waals surface area contributed by atoms with Crippen LogP contribution in [0.15, 0.2) is 0 Å². The molecule has 0 N–H and O–H groups in total. The van der Waals surface area contributed by atoms with E-state index < -0.39 is 8.32 Å². The van der Waals surface area contributed by atoms with Gasteiger partial charge in [0.05, 0.1) is 0 Å². The third-order valence-electron chi connectivity index (χ3n) is 5.83. The summed E-state index contributed by atoms with van der Waals surface area (Å²) in [4.78, 5) is 0. The van der Waals surface area contributed by atoms with Crippen LogP contribution in [0.25, 0.3) is 0 Å². The van der Waals surface area contributed by atoms with Crippen LogP contribution in [0.3, 0.4) is 0 Å². The first-order valence-electron chi connectivity index (χ1n) is 12.8. The highest BCUT2D eigenvalue weighted by Gasteiger charge is 2.20. The van der Waals surface area contributed by atoms with Crippen molar-refractivity contribution < 1.29 is 4.43 Å². The van der Waals surface area contributed by atoms with Crippen molar-refractivity contribution in [3.05, 3.63) is 0 Å². The van der Waals surface area contributed by atoms with Gasteiger partial charge in [-0.05, 0) is 25.6 Å². The minimum absolute atomic E-state index is 0.971. The van der Waals surface area contributed by atoms with Crippen LogP contribution in [-0.2, 0) is 4.43 Å². The number of hydrogen-bond acceptors (Lipinski definition) is 1. The van der Waals surface area contributed by atoms with Gasteiger partial charge in [0.2, 0.25) is 0 Å². The molecule has 0 aliphatic heterocycles. The van der Waals surface area contributed by atoms with Crippen molar-refractivity contribution in [1.29, 1.82) is 0 Å². The standard InChI is InChI=1S/C25H54OSi/c1-5-7-8-9-10-11-12-13-14-15-16-17-18-19-20-21-22-23-25-27(3,4)26-24-6-2/h5-25H2,1-4H3. The predicted octanol–water partition coefficient (Wildman–Crippen LogP) is 9.66. The van der Waals surface area contributed by atoms with Gasteiger partial charge in [0.25, 0.3) is 0 Å². The van der Waals surface area contributed by atoms with Crippen molar-refractivity contribution in [3.8, 4) is 0 Å². The summed E-state index contributed by atoms with van der Waals surface area (Å²) in [6.45, 7) is 10.2. The van der Waals surface area contributed by atoms with Crippen LogP contribution in [0.1, 0.15) is 136 Å². The minimum Gasteiger partial charge on any atom is -0.417 e. The third kappa shape index (κ3) is 22.3. The van der Waals surface area contributed by atoms with Crippen LogP contribution in [0.2, 0.25) is 19.1 Å². The highest BCUT2D eigenvalue weighted by atomic mass is 28.4. The fraction of sp³-hybridized carbons (Fsp3) is 1.00. The first-order chi connectivity index (χ1) is 13.1. The summed E-state index contributed by atoms with van der Waals surface area (Å²) in [6.07, 6.45) is 27.4. The van der Waals surface area contributed by atoms with Gasteiger partial charge >= 0.3 is 0 Å². The van der Waals surface area contributed by atoms with E-state index in [2.05, 4.69) is 26.9 Å². The van der Waals surface area contributed by atoms with Crippen LogP contribution in [-0.4, -0.2) is 14.9 Å². The summed E-state index contributed by atoms with van der Waals surface area (Å²) in [5.74, 6) is 0. The molecule has 0 bridgehead atoms. The second-order valence-electron chi connectivity index (χ2n) is 9.37. The molecule has 0 spiro atoms. The Bertz CT molecular complexity index is 277. The molecule has 164 valence electrons. The average Bonchev–Trinajstić information content (AvgIpc) is 2.65. The predicted molar refractivity (Wildman–Crippen MR) is 127 cm³/mol. The molecule has 0 saturated carbocycles. The second kappa shape index (κ2) is 20.9. The van der Waals surface area contributed by atoms with Crippen molar-refractivity contribution in [2.75, 3.05) is 6.61 Å². The molecule has 0 aliphatic carbocycles. The van der Waals surface area contributed by atoms with Gasteiger partial charge in [-0.25, -0.2) is 0 Å². The molecule has 0 unspecified atom stereocenters. The van der Waals surface area contributed by atoms with Crippen molar-refractivity contribution in [1.82, 2.24) is 0 Å². The summed E-state index contributed by atoms with van der Waals surface area (Å²) >= 11 is 0. The lowest BCUT2D eigenvalue weighted by molar-refractivity contribution is 0.305. The molecule has 1 nitrogen and oxygen atoms in total. The highest BCUT2D eigenvalue weighted by Crippen LogP contribution is 2.18. The highest BCUT2D eigenvalue weighted by molar-refractivity contribution is 6.71. The van der Waals surface area contributed by atoms with Crippen molar-refractivity contribution in [3.63, 3.8) is 0 Å². The zero-order valence-corrected chi connectivity index (χ0v) is 20.8. The van der Waals surface area contributed by atoms with E-state index in [1.54, 1.807) is 0 Å². The number of hydrogen-bond donors (Lipinski definition) is 0. The lowest BCUT2D eigenvalue weighted by Gasteiger charge is -2.22. The number of rotatable bonds is 22. The molecule has 0 aliphatic rings. The Morgan fingerprint density at radius 2 is 0.778 bits per heavy atom. The minimum atomic E-state index is -1.34. The van der Waals surface area contributed by atoms with Crippen LogP contribution in [0.4, 0.5) is 0 Å². The van der Waals surface area contributed by atoms with E-state index in [4.69, 9.17) is 4.43 Å². The summed E-state index contributed by atoms with van der Waals surface area (Å²) in [7, 11) is -1.34. The van der Waals surface area contributed by atoms with Crippen LogP contribution < -0.4 is 0 Å². The van der Waals surface area contributed by atoms with E-state index in [1.165, 1.54) is 122 Å². The van der Waals surface area contributed by atoms with Gasteiger partial charge in [-0.3, -0.25) is 0 Å². The van der Waals surface area contributed by atoms with Gasteiger partial charge in [0.1, 0.15) is 0 Å². The van der Waals surface area contributed by atoms with Gasteiger partial charge in [-0.1, -0.05) is 129 Å². The zero-order valence-electron chi connectivity index (χ0n) is 19.8. The van der Waals surface area contributed by atoms with E-state index in [0.29, 0.717) is 0 Å². The third-order valence-corrected chi connectivity index (χ3v) is 8.37. The average molecular weight is 399 g/mol. The molecule has 27 heavy (non-hydrogen) atoms. The molecule has 0 fully saturated rings. The largest absolute Gasteiger partial charge is 0.417 e. The van der Waals surface area contributed by atoms with Gasteiger partial charge < -0.3 is 4.43 Å². The van der Waals surface area contributed by atoms with E-state index in [0.717, 1.165) is 13.0 Å². The molecule has 2 heteroatoms. The topological polar surface area (TPSA) is 9.23 Å². The van der Waals surface area contributed by atoms with E-state index in [1.807, 2.05) is 0 Å². The molecule has 0 aromatic heterocycles. The number of unbranched alkanes of at least 4 members (excludes halogenated alkanes) is 17. The molecule has 0 saturated heterocycles. The second-order valence-corrected chi connectivity index (χ2v) is 13.7. The zero-order chi connectivity index (χ0) is 20.1. The van der Waals surface area contributed by atoms with E-state index >= 15 is 0 Å². The molecular weight excluding hydrogens is 344 g/mol. The molecule has 0 atom stereocenters. The maximum absolute atomic E-state index is 6.05. The van der Waals surface area contributed by atoms with Crippen LogP contribution in [0, 0.1) is 0 Å². The summed E-state index contributed by atoms with van der Waals surface area (Å²) < 4.78 is 6.05. The molecule has 0 radical (unpaired) electrons. The lowest BCUT2D eigenvalue weighted by Crippen LogP contribution is -2.30. The van der Waals surface area contributed by atoms with Crippen LogP contribution in [0.5, 0.6) is 0 Å². The SMILES string of the molecule is CCCCCCCCCCCCCCCCCCCC[Si](C)(C)OCCC. The Morgan fingerprint density at radius 1 is 0.444 bits per heavy atom. The molecule has 0 aromatic carbocycles. The Kier molecular flexibility index (Phi) is 21.0.